The second-order valence-corrected chi connectivity index (χ2v) is 2.79. The third-order valence-corrected chi connectivity index (χ3v) is 1.83. The Kier molecular flexibility index (Phi) is 3.90. The zero-order valence-corrected chi connectivity index (χ0v) is 7.71. The van der Waals surface area contributed by atoms with Gasteiger partial charge in [-0.25, -0.2) is 0 Å². The van der Waals surface area contributed by atoms with Crippen LogP contribution < -0.4 is 5.56 Å². The van der Waals surface area contributed by atoms with E-state index in [1.807, 2.05) is 12.3 Å². The van der Waals surface area contributed by atoms with E-state index < -0.39 is 0 Å². The molecular weight excluding hydrogens is 174 g/mol. The van der Waals surface area contributed by atoms with Crippen molar-refractivity contribution in [1.82, 2.24) is 4.57 Å². The summed E-state index contributed by atoms with van der Waals surface area (Å²) in [6, 6.07) is 5.10. The lowest BCUT2D eigenvalue weighted by Crippen LogP contribution is -2.19. The first-order valence-corrected chi connectivity index (χ1v) is 4.80. The summed E-state index contributed by atoms with van der Waals surface area (Å²) in [6.07, 6.45) is 3.61. The molecule has 4 heteroatoms. The largest absolute Gasteiger partial charge is 0.314 e. The van der Waals surface area contributed by atoms with Crippen molar-refractivity contribution < 1.29 is 4.18 Å². The lowest BCUT2D eigenvalue weighted by Gasteiger charge is -2.02. The minimum atomic E-state index is 0.0159. The van der Waals surface area contributed by atoms with Gasteiger partial charge in [0, 0.05) is 18.5 Å². The predicted molar refractivity (Wildman–Crippen MR) is 50.2 cm³/mol. The average Bonchev–Trinajstić information content (AvgIpc) is 2.09. The van der Waals surface area contributed by atoms with E-state index in [1.54, 1.807) is 22.9 Å². The fourth-order valence-electron chi connectivity index (χ4n) is 0.864. The number of hydrogen-bond donors (Lipinski definition) is 0. The Bertz CT molecular complexity index is 284. The second-order valence-electron chi connectivity index (χ2n) is 2.22. The lowest BCUT2D eigenvalue weighted by molar-refractivity contribution is 0.347. The van der Waals surface area contributed by atoms with Crippen molar-refractivity contribution in [1.29, 1.82) is 0 Å². The van der Waals surface area contributed by atoms with Gasteiger partial charge in [0.2, 0.25) is 0 Å². The molecule has 0 aliphatic rings. The minimum absolute atomic E-state index is 0.0159. The van der Waals surface area contributed by atoms with E-state index in [-0.39, 0.29) is 5.56 Å². The Labute approximate surface area is 75.6 Å². The number of pyridine rings is 1. The molecule has 1 aromatic rings. The van der Waals surface area contributed by atoms with Gasteiger partial charge < -0.3 is 8.75 Å². The van der Waals surface area contributed by atoms with Gasteiger partial charge in [0.15, 0.2) is 0 Å². The van der Waals surface area contributed by atoms with Crippen LogP contribution in [0.3, 0.4) is 0 Å². The molecule has 0 saturated heterocycles. The molecule has 0 N–H and O–H groups in total. The van der Waals surface area contributed by atoms with E-state index in [0.717, 1.165) is 0 Å². The van der Waals surface area contributed by atoms with E-state index in [0.29, 0.717) is 13.2 Å². The molecule has 1 rings (SSSR count). The fourth-order valence-corrected chi connectivity index (χ4v) is 1.11. The maximum absolute atomic E-state index is 11.1. The second kappa shape index (κ2) is 5.00. The molecule has 0 amide bonds. The molecule has 1 heterocycles. The van der Waals surface area contributed by atoms with Crippen LogP contribution in [-0.2, 0) is 10.7 Å². The molecule has 12 heavy (non-hydrogen) atoms. The highest BCUT2D eigenvalue weighted by molar-refractivity contribution is 7.93. The van der Waals surface area contributed by atoms with Crippen molar-refractivity contribution in [2.24, 2.45) is 0 Å². The van der Waals surface area contributed by atoms with Crippen LogP contribution in [0.15, 0.2) is 29.2 Å². The Hall–Kier alpha value is -0.740. The molecule has 0 saturated carbocycles. The quantitative estimate of drug-likeness (QED) is 0.520. The zero-order chi connectivity index (χ0) is 8.81. The number of hydrogen-bond acceptors (Lipinski definition) is 3. The van der Waals surface area contributed by atoms with Gasteiger partial charge in [-0.1, -0.05) is 6.07 Å². The van der Waals surface area contributed by atoms with E-state index in [1.165, 1.54) is 12.0 Å². The van der Waals surface area contributed by atoms with Gasteiger partial charge in [-0.05, 0) is 18.1 Å². The lowest BCUT2D eigenvalue weighted by atomic mass is 10.5. The van der Waals surface area contributed by atoms with Crippen molar-refractivity contribution in [3.05, 3.63) is 34.7 Å². The molecule has 0 radical (unpaired) electrons. The number of nitrogens with zero attached hydrogens (tertiary/aromatic N) is 1. The van der Waals surface area contributed by atoms with Crippen molar-refractivity contribution in [3.8, 4) is 0 Å². The topological polar surface area (TPSA) is 31.2 Å². The maximum atomic E-state index is 11.1. The molecular formula is C8H11NO2S. The van der Waals surface area contributed by atoms with Crippen LogP contribution in [0, 0.1) is 0 Å². The van der Waals surface area contributed by atoms with Crippen LogP contribution in [0.25, 0.3) is 0 Å². The van der Waals surface area contributed by atoms with Gasteiger partial charge in [0.25, 0.3) is 5.56 Å². The first-order chi connectivity index (χ1) is 5.84. The summed E-state index contributed by atoms with van der Waals surface area (Å²) < 4.78 is 6.67. The predicted octanol–water partition coefficient (Wildman–Crippen LogP) is 1.14. The molecule has 0 spiro atoms. The van der Waals surface area contributed by atoms with Crippen molar-refractivity contribution in [2.75, 3.05) is 12.9 Å². The summed E-state index contributed by atoms with van der Waals surface area (Å²) in [5.41, 5.74) is 0.0159. The molecule has 66 valence electrons. The molecule has 0 bridgehead atoms. The number of rotatable bonds is 4. The molecule has 0 atom stereocenters. The Morgan fingerprint density at radius 2 is 2.42 bits per heavy atom. The third-order valence-electron chi connectivity index (χ3n) is 1.43. The fraction of sp³-hybridized carbons (Fsp3) is 0.375. The van der Waals surface area contributed by atoms with Crippen LogP contribution in [0.5, 0.6) is 0 Å². The maximum Gasteiger partial charge on any atom is 0.250 e. The third kappa shape index (κ3) is 2.71. The first-order valence-electron chi connectivity index (χ1n) is 3.65. The zero-order valence-electron chi connectivity index (χ0n) is 6.90. The Balaban J connectivity index is 2.52. The monoisotopic (exact) mass is 185 g/mol. The number of aromatic nitrogens is 1. The van der Waals surface area contributed by atoms with Crippen LogP contribution in [-0.4, -0.2) is 17.4 Å². The van der Waals surface area contributed by atoms with E-state index >= 15 is 0 Å². The smallest absolute Gasteiger partial charge is 0.250 e. The Morgan fingerprint density at radius 3 is 3.08 bits per heavy atom. The normalized spacial score (nSPS) is 10.1. The molecule has 3 nitrogen and oxygen atoms in total. The molecule has 0 unspecified atom stereocenters. The van der Waals surface area contributed by atoms with Gasteiger partial charge in [-0.2, -0.15) is 0 Å². The summed E-state index contributed by atoms with van der Waals surface area (Å²) in [6.45, 7) is 1.17. The summed E-state index contributed by atoms with van der Waals surface area (Å²) in [5, 5.41) is 0. The van der Waals surface area contributed by atoms with E-state index in [9.17, 15) is 4.79 Å². The van der Waals surface area contributed by atoms with Crippen LogP contribution in [0.1, 0.15) is 0 Å². The van der Waals surface area contributed by atoms with E-state index in [2.05, 4.69) is 0 Å². The Morgan fingerprint density at radius 1 is 1.58 bits per heavy atom. The standard InChI is InChI=1S/C8H11NO2S/c1-12-11-7-6-9-5-3-2-4-8(9)10/h2-5H,6-7H2,1H3. The van der Waals surface area contributed by atoms with Crippen molar-refractivity contribution in [3.63, 3.8) is 0 Å². The summed E-state index contributed by atoms with van der Waals surface area (Å²) in [5.74, 6) is 0. The van der Waals surface area contributed by atoms with Crippen LogP contribution >= 0.6 is 12.0 Å². The molecule has 0 aromatic carbocycles. The van der Waals surface area contributed by atoms with Gasteiger partial charge >= 0.3 is 0 Å². The molecule has 0 fully saturated rings. The van der Waals surface area contributed by atoms with Gasteiger partial charge in [0.1, 0.15) is 0 Å². The highest BCUT2D eigenvalue weighted by atomic mass is 32.2. The summed E-state index contributed by atoms with van der Waals surface area (Å²) in [4.78, 5) is 11.1. The van der Waals surface area contributed by atoms with Gasteiger partial charge in [-0.3, -0.25) is 4.79 Å². The van der Waals surface area contributed by atoms with E-state index in [4.69, 9.17) is 4.18 Å². The average molecular weight is 185 g/mol. The molecule has 1 aromatic heterocycles. The summed E-state index contributed by atoms with van der Waals surface area (Å²) in [7, 11) is 0. The van der Waals surface area contributed by atoms with Crippen molar-refractivity contribution >= 4 is 12.0 Å². The SMILES string of the molecule is CSOCCn1ccccc1=O. The van der Waals surface area contributed by atoms with Gasteiger partial charge in [0.05, 0.1) is 13.2 Å². The molecule has 0 aliphatic carbocycles. The molecule has 0 aliphatic heterocycles. The van der Waals surface area contributed by atoms with Crippen LogP contribution in [0.4, 0.5) is 0 Å². The minimum Gasteiger partial charge on any atom is -0.314 e. The van der Waals surface area contributed by atoms with Gasteiger partial charge in [-0.15, -0.1) is 0 Å². The van der Waals surface area contributed by atoms with Crippen molar-refractivity contribution in [2.45, 2.75) is 6.54 Å². The summed E-state index contributed by atoms with van der Waals surface area (Å²) >= 11 is 1.31. The highest BCUT2D eigenvalue weighted by Gasteiger charge is 1.92. The van der Waals surface area contributed by atoms with Crippen LogP contribution in [0.2, 0.25) is 0 Å². The highest BCUT2D eigenvalue weighted by Crippen LogP contribution is 1.93. The first kappa shape index (κ1) is 9.35.